The van der Waals surface area contributed by atoms with E-state index in [0.29, 0.717) is 38.1 Å². The Morgan fingerprint density at radius 2 is 1.71 bits per heavy atom. The Morgan fingerprint density at radius 3 is 2.61 bits per heavy atom. The average molecular weight is 379 g/mol. The summed E-state index contributed by atoms with van der Waals surface area (Å²) in [5.74, 6) is -0.129. The molecule has 4 rings (SSSR count). The third kappa shape index (κ3) is 4.40. The first-order valence-corrected chi connectivity index (χ1v) is 9.78. The van der Waals surface area contributed by atoms with Crippen molar-refractivity contribution in [3.05, 3.63) is 59.7 Å². The van der Waals surface area contributed by atoms with Crippen LogP contribution < -0.4 is 16.0 Å². The number of amides is 2. The maximum atomic E-state index is 12.4. The van der Waals surface area contributed by atoms with Crippen molar-refractivity contribution < 1.29 is 14.3 Å². The van der Waals surface area contributed by atoms with Gasteiger partial charge in [0.2, 0.25) is 5.91 Å². The molecule has 0 aromatic heterocycles. The van der Waals surface area contributed by atoms with Gasteiger partial charge in [-0.2, -0.15) is 0 Å². The molecular weight excluding hydrogens is 354 g/mol. The van der Waals surface area contributed by atoms with Crippen molar-refractivity contribution in [2.24, 2.45) is 0 Å². The van der Waals surface area contributed by atoms with E-state index in [4.69, 9.17) is 4.74 Å². The lowest BCUT2D eigenvalue weighted by Crippen LogP contribution is -2.44. The highest BCUT2D eigenvalue weighted by Gasteiger charge is 2.29. The third-order valence-corrected chi connectivity index (χ3v) is 5.22. The van der Waals surface area contributed by atoms with Gasteiger partial charge in [-0.3, -0.25) is 9.59 Å². The molecule has 2 amide bonds. The summed E-state index contributed by atoms with van der Waals surface area (Å²) in [7, 11) is 0. The van der Waals surface area contributed by atoms with Crippen molar-refractivity contribution in [2.75, 3.05) is 19.6 Å². The van der Waals surface area contributed by atoms with Crippen LogP contribution in [0, 0.1) is 0 Å². The summed E-state index contributed by atoms with van der Waals surface area (Å²) in [5, 5.41) is 9.25. The van der Waals surface area contributed by atoms with E-state index in [9.17, 15) is 9.59 Å². The zero-order valence-corrected chi connectivity index (χ0v) is 15.7. The van der Waals surface area contributed by atoms with Crippen LogP contribution >= 0.6 is 0 Å². The summed E-state index contributed by atoms with van der Waals surface area (Å²) in [6.45, 7) is 2.38. The van der Waals surface area contributed by atoms with Gasteiger partial charge in [-0.1, -0.05) is 30.3 Å². The zero-order chi connectivity index (χ0) is 19.3. The van der Waals surface area contributed by atoms with E-state index in [-0.39, 0.29) is 24.0 Å². The van der Waals surface area contributed by atoms with E-state index in [2.05, 4.69) is 22.0 Å². The first kappa shape index (κ1) is 18.7. The van der Waals surface area contributed by atoms with Gasteiger partial charge in [0.25, 0.3) is 5.91 Å². The number of fused-ring (bicyclic) bond motifs is 6. The highest BCUT2D eigenvalue weighted by atomic mass is 16.5. The minimum atomic E-state index is -0.119. The molecule has 2 aromatic rings. The van der Waals surface area contributed by atoms with Crippen LogP contribution in [0.5, 0.6) is 0 Å². The summed E-state index contributed by atoms with van der Waals surface area (Å²) in [4.78, 5) is 24.7. The zero-order valence-electron chi connectivity index (χ0n) is 15.7. The standard InChI is InChI=1S/C22H25N3O3/c26-21-8-3-9-24-22(27)18-7-2-6-17(11-18)16-5-1-4-15(10-16)14-28-20-13-23-12-19(20)25-21/h1-2,4-7,10-11,19-20,23H,3,8-9,12-14H2,(H,24,27)(H,25,26)/t19-,20-/m0/s1. The summed E-state index contributed by atoms with van der Waals surface area (Å²) in [6.07, 6.45) is 0.930. The van der Waals surface area contributed by atoms with Crippen LogP contribution in [0.3, 0.4) is 0 Å². The van der Waals surface area contributed by atoms with Crippen molar-refractivity contribution in [1.29, 1.82) is 0 Å². The first-order chi connectivity index (χ1) is 13.7. The Bertz CT molecular complexity index is 868. The molecule has 2 aliphatic rings. The Labute approximate surface area is 164 Å². The molecule has 0 spiro atoms. The fraction of sp³-hybridized carbons (Fsp3) is 0.364. The van der Waals surface area contributed by atoms with E-state index in [0.717, 1.165) is 23.2 Å². The van der Waals surface area contributed by atoms with E-state index in [1.807, 2.05) is 36.4 Å². The summed E-state index contributed by atoms with van der Waals surface area (Å²) in [5.41, 5.74) is 3.73. The molecule has 3 N–H and O–H groups in total. The predicted molar refractivity (Wildman–Crippen MR) is 107 cm³/mol. The van der Waals surface area contributed by atoms with Crippen molar-refractivity contribution in [2.45, 2.75) is 31.6 Å². The van der Waals surface area contributed by atoms with Crippen molar-refractivity contribution in [3.63, 3.8) is 0 Å². The molecule has 0 saturated carbocycles. The quantitative estimate of drug-likeness (QED) is 0.653. The second-order valence-corrected chi connectivity index (χ2v) is 7.32. The number of nitrogens with one attached hydrogen (secondary N) is 3. The van der Waals surface area contributed by atoms with Gasteiger partial charge < -0.3 is 20.7 Å². The monoisotopic (exact) mass is 379 g/mol. The van der Waals surface area contributed by atoms with Crippen molar-refractivity contribution in [1.82, 2.24) is 16.0 Å². The van der Waals surface area contributed by atoms with Crippen LogP contribution in [0.15, 0.2) is 48.5 Å². The molecule has 1 saturated heterocycles. The van der Waals surface area contributed by atoms with E-state index < -0.39 is 0 Å². The number of carbonyl (C=O) groups is 2. The second-order valence-electron chi connectivity index (χ2n) is 7.32. The molecular formula is C22H25N3O3. The predicted octanol–water partition coefficient (Wildman–Crippen LogP) is 1.85. The van der Waals surface area contributed by atoms with Crippen LogP contribution in [0.4, 0.5) is 0 Å². The molecule has 6 heteroatoms. The Morgan fingerprint density at radius 1 is 0.929 bits per heavy atom. The lowest BCUT2D eigenvalue weighted by Gasteiger charge is -2.21. The smallest absolute Gasteiger partial charge is 0.251 e. The lowest BCUT2D eigenvalue weighted by atomic mass is 10.0. The Balaban J connectivity index is 1.60. The van der Waals surface area contributed by atoms with E-state index >= 15 is 0 Å². The molecule has 6 nitrogen and oxygen atoms in total. The van der Waals surface area contributed by atoms with Gasteiger partial charge in [0.05, 0.1) is 18.8 Å². The number of ether oxygens (including phenoxy) is 1. The molecule has 0 unspecified atom stereocenters. The van der Waals surface area contributed by atoms with E-state index in [1.54, 1.807) is 6.07 Å². The van der Waals surface area contributed by atoms with Crippen molar-refractivity contribution in [3.8, 4) is 11.1 Å². The minimum absolute atomic E-state index is 0.00939. The minimum Gasteiger partial charge on any atom is -0.370 e. The largest absolute Gasteiger partial charge is 0.370 e. The van der Waals surface area contributed by atoms with Gasteiger partial charge >= 0.3 is 0 Å². The van der Waals surface area contributed by atoms with Crippen LogP contribution in [-0.2, 0) is 16.1 Å². The SMILES string of the molecule is O=C1CCCNC(=O)c2cccc(c2)-c2cccc(c2)CO[C@H]2CNC[C@@H]2N1. The molecule has 4 bridgehead atoms. The second kappa shape index (κ2) is 8.54. The molecule has 0 radical (unpaired) electrons. The van der Waals surface area contributed by atoms with Gasteiger partial charge in [0.1, 0.15) is 0 Å². The molecule has 0 aliphatic carbocycles. The lowest BCUT2D eigenvalue weighted by molar-refractivity contribution is -0.122. The summed E-state index contributed by atoms with van der Waals surface area (Å²) < 4.78 is 6.11. The highest BCUT2D eigenvalue weighted by Crippen LogP contribution is 2.22. The van der Waals surface area contributed by atoms with Gasteiger partial charge in [0, 0.05) is 31.6 Å². The van der Waals surface area contributed by atoms with Crippen LogP contribution in [0.2, 0.25) is 0 Å². The first-order valence-electron chi connectivity index (χ1n) is 9.78. The Kier molecular flexibility index (Phi) is 5.69. The van der Waals surface area contributed by atoms with E-state index in [1.165, 1.54) is 0 Å². The van der Waals surface area contributed by atoms with Crippen LogP contribution in [-0.4, -0.2) is 43.6 Å². The number of carbonyl (C=O) groups excluding carboxylic acids is 2. The molecule has 28 heavy (non-hydrogen) atoms. The maximum Gasteiger partial charge on any atom is 0.251 e. The van der Waals surface area contributed by atoms with Gasteiger partial charge in [-0.05, 0) is 41.3 Å². The molecule has 2 atom stereocenters. The summed E-state index contributed by atoms with van der Waals surface area (Å²) in [6, 6.07) is 15.7. The number of rotatable bonds is 0. The number of hydrogen-bond acceptors (Lipinski definition) is 4. The molecule has 146 valence electrons. The van der Waals surface area contributed by atoms with Gasteiger partial charge in [-0.15, -0.1) is 0 Å². The molecule has 2 aromatic carbocycles. The number of benzene rings is 2. The Hall–Kier alpha value is -2.70. The fourth-order valence-corrected chi connectivity index (χ4v) is 3.69. The topological polar surface area (TPSA) is 79.5 Å². The maximum absolute atomic E-state index is 12.4. The van der Waals surface area contributed by atoms with Gasteiger partial charge in [-0.25, -0.2) is 0 Å². The summed E-state index contributed by atoms with van der Waals surface area (Å²) >= 11 is 0. The highest BCUT2D eigenvalue weighted by molar-refractivity contribution is 5.95. The van der Waals surface area contributed by atoms with Gasteiger partial charge in [0.15, 0.2) is 0 Å². The van der Waals surface area contributed by atoms with Crippen LogP contribution in [0.1, 0.15) is 28.8 Å². The molecule has 2 heterocycles. The number of hydrogen-bond donors (Lipinski definition) is 3. The fourth-order valence-electron chi connectivity index (χ4n) is 3.69. The van der Waals surface area contributed by atoms with Crippen molar-refractivity contribution >= 4 is 11.8 Å². The molecule has 1 fully saturated rings. The average Bonchev–Trinajstić information content (AvgIpc) is 3.16. The molecule has 2 aliphatic heterocycles. The third-order valence-electron chi connectivity index (χ3n) is 5.22. The van der Waals surface area contributed by atoms with Crippen LogP contribution in [0.25, 0.3) is 11.1 Å². The normalized spacial score (nSPS) is 23.3.